The van der Waals surface area contributed by atoms with Gasteiger partial charge in [0.1, 0.15) is 5.67 Å². The Morgan fingerprint density at radius 3 is 2.64 bits per heavy atom. The molecule has 1 saturated heterocycles. The van der Waals surface area contributed by atoms with Gasteiger partial charge in [0.05, 0.1) is 0 Å². The Morgan fingerprint density at radius 1 is 1.29 bits per heavy atom. The van der Waals surface area contributed by atoms with Crippen LogP contribution >= 0.6 is 0 Å². The van der Waals surface area contributed by atoms with Gasteiger partial charge in [0.15, 0.2) is 0 Å². The molecule has 0 aromatic heterocycles. The molecule has 0 radical (unpaired) electrons. The number of rotatable bonds is 1. The summed E-state index contributed by atoms with van der Waals surface area (Å²) in [6.07, 6.45) is 0.593. The third-order valence-electron chi connectivity index (χ3n) is 3.13. The maximum Gasteiger partial charge on any atom is 0.149 e. The molecule has 1 nitrogen and oxygen atoms in total. The van der Waals surface area contributed by atoms with Crippen LogP contribution < -0.4 is 5.32 Å². The summed E-state index contributed by atoms with van der Waals surface area (Å²) in [5, 5.41) is 3.07. The van der Waals surface area contributed by atoms with E-state index in [1.165, 1.54) is 11.1 Å². The van der Waals surface area contributed by atoms with Crippen LogP contribution in [0.25, 0.3) is 0 Å². The number of halogens is 1. The monoisotopic (exact) mass is 193 g/mol. The number of aryl methyl sites for hydroxylation is 2. The number of nitrogens with one attached hydrogen (secondary N) is 1. The average Bonchev–Trinajstić information content (AvgIpc) is 2.58. The number of hydrogen-bond donors (Lipinski definition) is 1. The standard InChI is InChI=1S/C12H16FN/c1-9-3-4-11(7-10(9)2)12(13)5-6-14-8-12/h3-4,7,14H,5-6,8H2,1-2H3. The van der Waals surface area contributed by atoms with Gasteiger partial charge in [0, 0.05) is 6.54 Å². The van der Waals surface area contributed by atoms with Crippen molar-refractivity contribution in [1.29, 1.82) is 0 Å². The van der Waals surface area contributed by atoms with E-state index in [-0.39, 0.29) is 0 Å². The zero-order valence-electron chi connectivity index (χ0n) is 8.73. The second kappa shape index (κ2) is 3.35. The van der Waals surface area contributed by atoms with Gasteiger partial charge >= 0.3 is 0 Å². The first-order valence-electron chi connectivity index (χ1n) is 5.09. The molecule has 1 aliphatic rings. The van der Waals surface area contributed by atoms with Crippen LogP contribution in [0.4, 0.5) is 4.39 Å². The van der Waals surface area contributed by atoms with Gasteiger partial charge in [0.2, 0.25) is 0 Å². The van der Waals surface area contributed by atoms with E-state index in [9.17, 15) is 4.39 Å². The summed E-state index contributed by atoms with van der Waals surface area (Å²) in [4.78, 5) is 0. The Hall–Kier alpha value is -0.890. The van der Waals surface area contributed by atoms with Crippen LogP contribution in [-0.4, -0.2) is 13.1 Å². The predicted octanol–water partition coefficient (Wildman–Crippen LogP) is 2.46. The molecule has 1 unspecified atom stereocenters. The molecule has 1 aliphatic heterocycles. The van der Waals surface area contributed by atoms with Gasteiger partial charge in [-0.2, -0.15) is 0 Å². The molecule has 2 rings (SSSR count). The van der Waals surface area contributed by atoms with Gasteiger partial charge in [-0.25, -0.2) is 4.39 Å². The highest BCUT2D eigenvalue weighted by Gasteiger charge is 2.35. The molecule has 1 N–H and O–H groups in total. The van der Waals surface area contributed by atoms with Gasteiger partial charge in [-0.1, -0.05) is 18.2 Å². The van der Waals surface area contributed by atoms with Crippen molar-refractivity contribution in [2.24, 2.45) is 0 Å². The molecule has 1 fully saturated rings. The van der Waals surface area contributed by atoms with Gasteiger partial charge in [-0.15, -0.1) is 0 Å². The van der Waals surface area contributed by atoms with Crippen LogP contribution in [0.2, 0.25) is 0 Å². The average molecular weight is 193 g/mol. The number of alkyl halides is 1. The number of hydrogen-bond acceptors (Lipinski definition) is 1. The minimum absolute atomic E-state index is 0.454. The molecule has 1 aromatic carbocycles. The molecule has 2 heteroatoms. The van der Waals surface area contributed by atoms with Crippen molar-refractivity contribution in [3.63, 3.8) is 0 Å². The van der Waals surface area contributed by atoms with Crippen molar-refractivity contribution >= 4 is 0 Å². The fourth-order valence-electron chi connectivity index (χ4n) is 1.93. The molecule has 0 bridgehead atoms. The van der Waals surface area contributed by atoms with Gasteiger partial charge < -0.3 is 5.32 Å². The third-order valence-corrected chi connectivity index (χ3v) is 3.13. The summed E-state index contributed by atoms with van der Waals surface area (Å²) in [6.45, 7) is 5.32. The Morgan fingerprint density at radius 2 is 2.07 bits per heavy atom. The van der Waals surface area contributed by atoms with Crippen LogP contribution in [0.15, 0.2) is 18.2 Å². The molecule has 1 atom stereocenters. The fourth-order valence-corrected chi connectivity index (χ4v) is 1.93. The van der Waals surface area contributed by atoms with Crippen LogP contribution in [0.5, 0.6) is 0 Å². The summed E-state index contributed by atoms with van der Waals surface area (Å²) >= 11 is 0. The van der Waals surface area contributed by atoms with Crippen molar-refractivity contribution in [1.82, 2.24) is 5.32 Å². The van der Waals surface area contributed by atoms with Crippen LogP contribution in [0.1, 0.15) is 23.1 Å². The lowest BCUT2D eigenvalue weighted by Crippen LogP contribution is -2.23. The second-order valence-corrected chi connectivity index (χ2v) is 4.19. The maximum atomic E-state index is 14.3. The van der Waals surface area contributed by atoms with E-state index in [4.69, 9.17) is 0 Å². The van der Waals surface area contributed by atoms with Crippen molar-refractivity contribution in [3.05, 3.63) is 34.9 Å². The van der Waals surface area contributed by atoms with Crippen molar-refractivity contribution in [2.75, 3.05) is 13.1 Å². The van der Waals surface area contributed by atoms with Crippen molar-refractivity contribution in [2.45, 2.75) is 25.9 Å². The molecule has 0 saturated carbocycles. The highest BCUT2D eigenvalue weighted by atomic mass is 19.1. The number of benzene rings is 1. The summed E-state index contributed by atoms with van der Waals surface area (Å²) in [5.41, 5.74) is 2.08. The first-order valence-corrected chi connectivity index (χ1v) is 5.09. The summed E-state index contributed by atoms with van der Waals surface area (Å²) in [5.74, 6) is 0. The zero-order chi connectivity index (χ0) is 10.2. The van der Waals surface area contributed by atoms with E-state index in [1.807, 2.05) is 25.1 Å². The van der Waals surface area contributed by atoms with Gasteiger partial charge in [0.25, 0.3) is 0 Å². The van der Waals surface area contributed by atoms with E-state index < -0.39 is 5.67 Å². The Bertz CT molecular complexity index is 340. The summed E-state index contributed by atoms with van der Waals surface area (Å²) in [7, 11) is 0. The van der Waals surface area contributed by atoms with Crippen LogP contribution in [0.3, 0.4) is 0 Å². The summed E-state index contributed by atoms with van der Waals surface area (Å²) in [6, 6.07) is 5.89. The van der Waals surface area contributed by atoms with E-state index in [0.717, 1.165) is 12.1 Å². The first kappa shape index (κ1) is 9.66. The molecule has 1 aromatic rings. The Balaban J connectivity index is 2.36. The Kier molecular flexibility index (Phi) is 2.31. The van der Waals surface area contributed by atoms with E-state index in [0.29, 0.717) is 13.0 Å². The third kappa shape index (κ3) is 1.55. The highest BCUT2D eigenvalue weighted by molar-refractivity contribution is 5.34. The first-order chi connectivity index (χ1) is 6.62. The molecule has 1 heterocycles. The lowest BCUT2D eigenvalue weighted by molar-refractivity contribution is 0.193. The Labute approximate surface area is 84.3 Å². The maximum absolute atomic E-state index is 14.3. The van der Waals surface area contributed by atoms with E-state index in [2.05, 4.69) is 12.2 Å². The molecule has 76 valence electrons. The smallest absolute Gasteiger partial charge is 0.149 e. The minimum Gasteiger partial charge on any atom is -0.313 e. The molecular weight excluding hydrogens is 177 g/mol. The SMILES string of the molecule is Cc1ccc(C2(F)CCNC2)cc1C. The summed E-state index contributed by atoms with van der Waals surface area (Å²) < 4.78 is 14.3. The largest absolute Gasteiger partial charge is 0.313 e. The van der Waals surface area contributed by atoms with E-state index >= 15 is 0 Å². The van der Waals surface area contributed by atoms with Gasteiger partial charge in [-0.3, -0.25) is 0 Å². The minimum atomic E-state index is -1.14. The normalized spacial score (nSPS) is 26.8. The quantitative estimate of drug-likeness (QED) is 0.722. The van der Waals surface area contributed by atoms with Crippen molar-refractivity contribution in [3.8, 4) is 0 Å². The highest BCUT2D eigenvalue weighted by Crippen LogP contribution is 2.32. The molecule has 0 spiro atoms. The second-order valence-electron chi connectivity index (χ2n) is 4.19. The fraction of sp³-hybridized carbons (Fsp3) is 0.500. The van der Waals surface area contributed by atoms with Crippen LogP contribution in [0, 0.1) is 13.8 Å². The van der Waals surface area contributed by atoms with E-state index in [1.54, 1.807) is 0 Å². The lowest BCUT2D eigenvalue weighted by atomic mass is 9.92. The van der Waals surface area contributed by atoms with Gasteiger partial charge in [-0.05, 0) is 43.5 Å². The molecular formula is C12H16FN. The van der Waals surface area contributed by atoms with Crippen molar-refractivity contribution < 1.29 is 4.39 Å². The predicted molar refractivity (Wildman–Crippen MR) is 56.2 cm³/mol. The zero-order valence-corrected chi connectivity index (χ0v) is 8.73. The topological polar surface area (TPSA) is 12.0 Å². The lowest BCUT2D eigenvalue weighted by Gasteiger charge is -2.19. The molecule has 14 heavy (non-hydrogen) atoms. The van der Waals surface area contributed by atoms with Crippen LogP contribution in [-0.2, 0) is 5.67 Å². The molecule has 0 amide bonds. The molecule has 0 aliphatic carbocycles.